The summed E-state index contributed by atoms with van der Waals surface area (Å²) in [6, 6.07) is 1.96. The Morgan fingerprint density at radius 3 is 2.86 bits per heavy atom. The quantitative estimate of drug-likeness (QED) is 0.748. The zero-order valence-electron chi connectivity index (χ0n) is 17.3. The molecule has 3 amide bonds. The van der Waals surface area contributed by atoms with Crippen LogP contribution >= 0.6 is 23.1 Å². The fourth-order valence-corrected chi connectivity index (χ4v) is 5.96. The number of urea groups is 1. The van der Waals surface area contributed by atoms with Gasteiger partial charge in [0, 0.05) is 25.0 Å². The molecule has 156 valence electrons. The maximum absolute atomic E-state index is 12.3. The summed E-state index contributed by atoms with van der Waals surface area (Å²) < 4.78 is 1.94. The lowest BCUT2D eigenvalue weighted by molar-refractivity contribution is -0.124. The molecule has 4 rings (SSSR count). The first-order chi connectivity index (χ1) is 13.7. The molecule has 0 aromatic carbocycles. The summed E-state index contributed by atoms with van der Waals surface area (Å²) in [4.78, 5) is 27.7. The molecule has 0 spiro atoms. The Balaban J connectivity index is 1.46. The molecule has 7 nitrogen and oxygen atoms in total. The monoisotopic (exact) mass is 433 g/mol. The standard InChI is InChI=1S/C20H27N5O2S2/c1-20(2,3)13-5-6-14-12(9-13)10-15(29-14)17-22-23-19(24(17)4)28-11-16(26)25-8-7-21-18(25)27/h10,13H,5-9,11H2,1-4H3,(H,21,27). The van der Waals surface area contributed by atoms with Gasteiger partial charge in [0.05, 0.1) is 10.6 Å². The van der Waals surface area contributed by atoms with Gasteiger partial charge >= 0.3 is 6.03 Å². The molecule has 1 aliphatic heterocycles. The molecule has 2 aromatic heterocycles. The molecular formula is C20H27N5O2S2. The number of hydrogen-bond acceptors (Lipinski definition) is 6. The van der Waals surface area contributed by atoms with Crippen LogP contribution in [-0.4, -0.2) is 50.4 Å². The molecule has 0 bridgehead atoms. The van der Waals surface area contributed by atoms with E-state index in [4.69, 9.17) is 0 Å². The highest BCUT2D eigenvalue weighted by Crippen LogP contribution is 2.42. The number of hydrogen-bond donors (Lipinski definition) is 1. The topological polar surface area (TPSA) is 80.1 Å². The molecule has 0 saturated carbocycles. The number of amides is 3. The first-order valence-electron chi connectivity index (χ1n) is 9.96. The van der Waals surface area contributed by atoms with Crippen molar-refractivity contribution in [2.75, 3.05) is 18.8 Å². The van der Waals surface area contributed by atoms with E-state index in [1.54, 1.807) is 0 Å². The van der Waals surface area contributed by atoms with Crippen LogP contribution in [-0.2, 0) is 24.7 Å². The molecule has 1 unspecified atom stereocenters. The minimum Gasteiger partial charge on any atom is -0.336 e. The van der Waals surface area contributed by atoms with E-state index < -0.39 is 0 Å². The van der Waals surface area contributed by atoms with Crippen LogP contribution in [0.4, 0.5) is 4.79 Å². The molecule has 3 heterocycles. The fourth-order valence-electron chi connectivity index (χ4n) is 3.94. The summed E-state index contributed by atoms with van der Waals surface area (Å²) in [6.07, 6.45) is 3.50. The molecule has 1 aliphatic carbocycles. The highest BCUT2D eigenvalue weighted by atomic mass is 32.2. The lowest BCUT2D eigenvalue weighted by Gasteiger charge is -2.33. The summed E-state index contributed by atoms with van der Waals surface area (Å²) in [7, 11) is 1.93. The van der Waals surface area contributed by atoms with Crippen molar-refractivity contribution >= 4 is 35.0 Å². The van der Waals surface area contributed by atoms with E-state index in [0.29, 0.717) is 29.6 Å². The van der Waals surface area contributed by atoms with Crippen LogP contribution in [0.2, 0.25) is 0 Å². The van der Waals surface area contributed by atoms with Gasteiger partial charge in [0.2, 0.25) is 5.91 Å². The molecule has 2 aliphatic rings. The van der Waals surface area contributed by atoms with Gasteiger partial charge in [-0.3, -0.25) is 9.69 Å². The third kappa shape index (κ3) is 4.07. The van der Waals surface area contributed by atoms with E-state index in [2.05, 4.69) is 42.4 Å². The van der Waals surface area contributed by atoms with Gasteiger partial charge < -0.3 is 9.88 Å². The van der Waals surface area contributed by atoms with Crippen LogP contribution in [0, 0.1) is 11.3 Å². The van der Waals surface area contributed by atoms with Crippen LogP contribution in [0.5, 0.6) is 0 Å². The number of thiophene rings is 1. The highest BCUT2D eigenvalue weighted by Gasteiger charge is 2.31. The number of nitrogens with one attached hydrogen (secondary N) is 1. The highest BCUT2D eigenvalue weighted by molar-refractivity contribution is 7.99. The van der Waals surface area contributed by atoms with Crippen molar-refractivity contribution in [1.82, 2.24) is 25.0 Å². The number of fused-ring (bicyclic) bond motifs is 1. The van der Waals surface area contributed by atoms with Crippen LogP contribution in [0.25, 0.3) is 10.7 Å². The van der Waals surface area contributed by atoms with Gasteiger partial charge in [0.15, 0.2) is 11.0 Å². The van der Waals surface area contributed by atoms with Gasteiger partial charge in [-0.1, -0.05) is 32.5 Å². The second kappa shape index (κ2) is 7.75. The van der Waals surface area contributed by atoms with Gasteiger partial charge in [-0.2, -0.15) is 0 Å². The lowest BCUT2D eigenvalue weighted by atomic mass is 9.72. The number of aryl methyl sites for hydroxylation is 1. The summed E-state index contributed by atoms with van der Waals surface area (Å²) >= 11 is 3.13. The maximum Gasteiger partial charge on any atom is 0.324 e. The third-order valence-corrected chi connectivity index (χ3v) is 8.08. The molecule has 29 heavy (non-hydrogen) atoms. The maximum atomic E-state index is 12.3. The van der Waals surface area contributed by atoms with Crippen molar-refractivity contribution in [1.29, 1.82) is 0 Å². The summed E-state index contributed by atoms with van der Waals surface area (Å²) in [5, 5.41) is 12.0. The third-order valence-electron chi connectivity index (χ3n) is 5.85. The molecular weight excluding hydrogens is 406 g/mol. The largest absolute Gasteiger partial charge is 0.336 e. The fraction of sp³-hybridized carbons (Fsp3) is 0.600. The predicted octanol–water partition coefficient (Wildman–Crippen LogP) is 3.34. The zero-order chi connectivity index (χ0) is 20.8. The SMILES string of the molecule is Cn1c(SCC(=O)N2CCNC2=O)nnc1-c1cc2c(s1)CCC(C(C)(C)C)C2. The number of rotatable bonds is 4. The Bertz CT molecular complexity index is 943. The minimum atomic E-state index is -0.313. The van der Waals surface area contributed by atoms with Crippen molar-refractivity contribution in [3.63, 3.8) is 0 Å². The minimum absolute atomic E-state index is 0.174. The number of carbonyl (C=O) groups is 2. The second-order valence-electron chi connectivity index (χ2n) is 8.80. The van der Waals surface area contributed by atoms with E-state index in [-0.39, 0.29) is 17.7 Å². The van der Waals surface area contributed by atoms with Crippen molar-refractivity contribution < 1.29 is 9.59 Å². The summed E-state index contributed by atoms with van der Waals surface area (Å²) in [5.74, 6) is 1.52. The second-order valence-corrected chi connectivity index (χ2v) is 10.9. The Labute approximate surface area is 179 Å². The van der Waals surface area contributed by atoms with E-state index in [0.717, 1.165) is 23.5 Å². The zero-order valence-corrected chi connectivity index (χ0v) is 19.0. The normalized spacial score (nSPS) is 19.4. The number of thioether (sulfide) groups is 1. The number of imide groups is 1. The Morgan fingerprint density at radius 1 is 1.38 bits per heavy atom. The number of carbonyl (C=O) groups excluding carboxylic acids is 2. The molecule has 0 radical (unpaired) electrons. The van der Waals surface area contributed by atoms with Gasteiger partial charge in [0.25, 0.3) is 0 Å². The molecule has 2 aromatic rings. The summed E-state index contributed by atoms with van der Waals surface area (Å²) in [5.41, 5.74) is 1.77. The summed E-state index contributed by atoms with van der Waals surface area (Å²) in [6.45, 7) is 7.93. The Hall–Kier alpha value is -1.87. The first kappa shape index (κ1) is 20.4. The van der Waals surface area contributed by atoms with Crippen LogP contribution in [0.3, 0.4) is 0 Å². The predicted molar refractivity (Wildman–Crippen MR) is 115 cm³/mol. The molecule has 1 saturated heterocycles. The van der Waals surface area contributed by atoms with Gasteiger partial charge in [-0.15, -0.1) is 21.5 Å². The van der Waals surface area contributed by atoms with Crippen molar-refractivity contribution in [3.05, 3.63) is 16.5 Å². The van der Waals surface area contributed by atoms with Crippen LogP contribution in [0.1, 0.15) is 37.6 Å². The number of aromatic nitrogens is 3. The van der Waals surface area contributed by atoms with Crippen LogP contribution < -0.4 is 5.32 Å². The molecule has 1 fully saturated rings. The van der Waals surface area contributed by atoms with Gasteiger partial charge in [-0.25, -0.2) is 4.79 Å². The molecule has 9 heteroatoms. The lowest BCUT2D eigenvalue weighted by Crippen LogP contribution is -2.35. The smallest absolute Gasteiger partial charge is 0.324 e. The number of nitrogens with zero attached hydrogens (tertiary/aromatic N) is 4. The van der Waals surface area contributed by atoms with E-state index in [1.165, 1.54) is 33.5 Å². The average Bonchev–Trinajstić information content (AvgIpc) is 3.36. The van der Waals surface area contributed by atoms with Crippen LogP contribution in [0.15, 0.2) is 11.2 Å². The van der Waals surface area contributed by atoms with Gasteiger partial charge in [-0.05, 0) is 42.2 Å². The van der Waals surface area contributed by atoms with E-state index in [9.17, 15) is 9.59 Å². The first-order valence-corrected chi connectivity index (χ1v) is 11.8. The van der Waals surface area contributed by atoms with Crippen molar-refractivity contribution in [2.24, 2.45) is 18.4 Å². The van der Waals surface area contributed by atoms with E-state index in [1.807, 2.05) is 23.0 Å². The molecule has 1 N–H and O–H groups in total. The van der Waals surface area contributed by atoms with Gasteiger partial charge in [0.1, 0.15) is 0 Å². The van der Waals surface area contributed by atoms with Crippen molar-refractivity contribution in [3.8, 4) is 10.7 Å². The average molecular weight is 434 g/mol. The van der Waals surface area contributed by atoms with Crippen molar-refractivity contribution in [2.45, 2.75) is 45.2 Å². The van der Waals surface area contributed by atoms with E-state index >= 15 is 0 Å². The molecule has 1 atom stereocenters. The Kier molecular flexibility index (Phi) is 5.46. The Morgan fingerprint density at radius 2 is 2.17 bits per heavy atom.